The quantitative estimate of drug-likeness (QED) is 0.773. The summed E-state index contributed by atoms with van der Waals surface area (Å²) in [6.45, 7) is 6.46. The molecule has 1 aromatic rings. The van der Waals surface area contributed by atoms with E-state index in [0.717, 1.165) is 6.42 Å². The Bertz CT molecular complexity index is 279. The third-order valence-corrected chi connectivity index (χ3v) is 2.39. The summed E-state index contributed by atoms with van der Waals surface area (Å²) in [5.41, 5.74) is 2.55. The van der Waals surface area contributed by atoms with Crippen molar-refractivity contribution in [3.8, 4) is 0 Å². The van der Waals surface area contributed by atoms with E-state index >= 15 is 0 Å². The molecule has 0 aliphatic heterocycles. The molecule has 0 aliphatic carbocycles. The standard InChI is InChI=1S/C13H21NO/c1-10(2)14-13(9-15)8-12-6-4-11(3)5-7-12/h4-7,10,13-15H,8-9H2,1-3H3. The van der Waals surface area contributed by atoms with E-state index in [-0.39, 0.29) is 12.6 Å². The lowest BCUT2D eigenvalue weighted by molar-refractivity contribution is 0.234. The Hall–Kier alpha value is -0.860. The Kier molecular flexibility index (Phi) is 4.79. The van der Waals surface area contributed by atoms with Crippen LogP contribution in [0, 0.1) is 6.92 Å². The Morgan fingerprint density at radius 3 is 2.27 bits per heavy atom. The van der Waals surface area contributed by atoms with Crippen LogP contribution in [0.4, 0.5) is 0 Å². The lowest BCUT2D eigenvalue weighted by atomic mass is 10.0. The molecular formula is C13H21NO. The molecule has 0 heterocycles. The summed E-state index contributed by atoms with van der Waals surface area (Å²) in [6.07, 6.45) is 0.884. The van der Waals surface area contributed by atoms with E-state index in [2.05, 4.69) is 50.4 Å². The Morgan fingerprint density at radius 1 is 1.20 bits per heavy atom. The van der Waals surface area contributed by atoms with Crippen LogP contribution in [0.25, 0.3) is 0 Å². The van der Waals surface area contributed by atoms with Gasteiger partial charge in [-0.3, -0.25) is 0 Å². The van der Waals surface area contributed by atoms with Crippen LogP contribution in [0.1, 0.15) is 25.0 Å². The van der Waals surface area contributed by atoms with Gasteiger partial charge in [0.15, 0.2) is 0 Å². The van der Waals surface area contributed by atoms with Gasteiger partial charge in [-0.2, -0.15) is 0 Å². The first-order valence-electron chi connectivity index (χ1n) is 5.54. The van der Waals surface area contributed by atoms with Gasteiger partial charge in [0.1, 0.15) is 0 Å². The lowest BCUT2D eigenvalue weighted by Crippen LogP contribution is -2.39. The van der Waals surface area contributed by atoms with Crippen LogP contribution in [-0.4, -0.2) is 23.8 Å². The molecule has 2 heteroatoms. The maximum Gasteiger partial charge on any atom is 0.0587 e. The Morgan fingerprint density at radius 2 is 1.80 bits per heavy atom. The molecule has 0 aliphatic rings. The maximum atomic E-state index is 9.23. The first kappa shape index (κ1) is 12.2. The summed E-state index contributed by atoms with van der Waals surface area (Å²) in [4.78, 5) is 0. The van der Waals surface area contributed by atoms with Gasteiger partial charge in [0.05, 0.1) is 6.61 Å². The molecule has 2 N–H and O–H groups in total. The van der Waals surface area contributed by atoms with Crippen molar-refractivity contribution in [1.29, 1.82) is 0 Å². The van der Waals surface area contributed by atoms with Gasteiger partial charge in [0, 0.05) is 12.1 Å². The second-order valence-corrected chi connectivity index (χ2v) is 4.39. The van der Waals surface area contributed by atoms with Gasteiger partial charge >= 0.3 is 0 Å². The summed E-state index contributed by atoms with van der Waals surface area (Å²) in [5.74, 6) is 0. The van der Waals surface area contributed by atoms with Gasteiger partial charge in [-0.15, -0.1) is 0 Å². The van der Waals surface area contributed by atoms with Crippen LogP contribution in [-0.2, 0) is 6.42 Å². The van der Waals surface area contributed by atoms with Crippen LogP contribution in [0.3, 0.4) is 0 Å². The molecule has 0 saturated heterocycles. The summed E-state index contributed by atoms with van der Waals surface area (Å²) in [5, 5.41) is 12.6. The molecule has 0 saturated carbocycles. The van der Waals surface area contributed by atoms with E-state index < -0.39 is 0 Å². The van der Waals surface area contributed by atoms with Crippen molar-refractivity contribution in [1.82, 2.24) is 5.32 Å². The molecule has 0 aromatic heterocycles. The normalized spacial score (nSPS) is 13.1. The van der Waals surface area contributed by atoms with Crippen LogP contribution < -0.4 is 5.32 Å². The van der Waals surface area contributed by atoms with Crippen molar-refractivity contribution < 1.29 is 5.11 Å². The van der Waals surface area contributed by atoms with Crippen LogP contribution >= 0.6 is 0 Å². The van der Waals surface area contributed by atoms with E-state index in [1.54, 1.807) is 0 Å². The minimum absolute atomic E-state index is 0.160. The summed E-state index contributed by atoms with van der Waals surface area (Å²) in [6, 6.07) is 9.04. The molecule has 0 bridgehead atoms. The van der Waals surface area contributed by atoms with E-state index in [1.807, 2.05) is 0 Å². The SMILES string of the molecule is Cc1ccc(CC(CO)NC(C)C)cc1. The van der Waals surface area contributed by atoms with E-state index in [9.17, 15) is 5.11 Å². The number of nitrogens with one attached hydrogen (secondary N) is 1. The molecule has 0 spiro atoms. The summed E-state index contributed by atoms with van der Waals surface area (Å²) < 4.78 is 0. The van der Waals surface area contributed by atoms with Crippen molar-refractivity contribution in [2.45, 2.75) is 39.3 Å². The number of hydrogen-bond acceptors (Lipinski definition) is 2. The van der Waals surface area contributed by atoms with E-state index in [0.29, 0.717) is 6.04 Å². The molecule has 15 heavy (non-hydrogen) atoms. The molecule has 0 amide bonds. The average molecular weight is 207 g/mol. The van der Waals surface area contributed by atoms with Crippen molar-refractivity contribution >= 4 is 0 Å². The first-order valence-corrected chi connectivity index (χ1v) is 5.54. The number of aliphatic hydroxyl groups is 1. The molecule has 1 unspecified atom stereocenters. The second-order valence-electron chi connectivity index (χ2n) is 4.39. The Labute approximate surface area is 92.3 Å². The number of hydrogen-bond donors (Lipinski definition) is 2. The van der Waals surface area contributed by atoms with Crippen LogP contribution in [0.15, 0.2) is 24.3 Å². The van der Waals surface area contributed by atoms with Gasteiger partial charge in [-0.1, -0.05) is 43.7 Å². The monoisotopic (exact) mass is 207 g/mol. The molecule has 1 rings (SSSR count). The molecule has 0 radical (unpaired) electrons. The highest BCUT2D eigenvalue weighted by Crippen LogP contribution is 2.06. The fourth-order valence-electron chi connectivity index (χ4n) is 1.66. The zero-order valence-corrected chi connectivity index (χ0v) is 9.83. The van der Waals surface area contributed by atoms with Crippen LogP contribution in [0.2, 0.25) is 0 Å². The third kappa shape index (κ3) is 4.45. The number of rotatable bonds is 5. The summed E-state index contributed by atoms with van der Waals surface area (Å²) in [7, 11) is 0. The van der Waals surface area contributed by atoms with Crippen molar-refractivity contribution in [2.24, 2.45) is 0 Å². The third-order valence-electron chi connectivity index (χ3n) is 2.39. The first-order chi connectivity index (χ1) is 7.11. The molecule has 1 atom stereocenters. The molecule has 84 valence electrons. The van der Waals surface area contributed by atoms with Gasteiger partial charge in [-0.25, -0.2) is 0 Å². The van der Waals surface area contributed by atoms with Crippen molar-refractivity contribution in [2.75, 3.05) is 6.61 Å². The van der Waals surface area contributed by atoms with E-state index in [4.69, 9.17) is 0 Å². The smallest absolute Gasteiger partial charge is 0.0587 e. The van der Waals surface area contributed by atoms with Crippen molar-refractivity contribution in [3.05, 3.63) is 35.4 Å². The zero-order valence-electron chi connectivity index (χ0n) is 9.83. The van der Waals surface area contributed by atoms with Crippen LogP contribution in [0.5, 0.6) is 0 Å². The highest BCUT2D eigenvalue weighted by atomic mass is 16.3. The van der Waals surface area contributed by atoms with Gasteiger partial charge in [0.25, 0.3) is 0 Å². The highest BCUT2D eigenvalue weighted by molar-refractivity contribution is 5.22. The number of aryl methyl sites for hydroxylation is 1. The zero-order chi connectivity index (χ0) is 11.3. The lowest BCUT2D eigenvalue weighted by Gasteiger charge is -2.19. The number of aliphatic hydroxyl groups excluding tert-OH is 1. The largest absolute Gasteiger partial charge is 0.395 e. The second kappa shape index (κ2) is 5.89. The predicted molar refractivity (Wildman–Crippen MR) is 64.0 cm³/mol. The minimum atomic E-state index is 0.160. The maximum absolute atomic E-state index is 9.23. The van der Waals surface area contributed by atoms with Gasteiger partial charge in [-0.05, 0) is 18.9 Å². The molecular weight excluding hydrogens is 186 g/mol. The van der Waals surface area contributed by atoms with E-state index in [1.165, 1.54) is 11.1 Å². The minimum Gasteiger partial charge on any atom is -0.395 e. The summed E-state index contributed by atoms with van der Waals surface area (Å²) >= 11 is 0. The van der Waals surface area contributed by atoms with Crippen molar-refractivity contribution in [3.63, 3.8) is 0 Å². The molecule has 1 aromatic carbocycles. The highest BCUT2D eigenvalue weighted by Gasteiger charge is 2.08. The molecule has 0 fully saturated rings. The van der Waals surface area contributed by atoms with Gasteiger partial charge in [0.2, 0.25) is 0 Å². The fourth-order valence-corrected chi connectivity index (χ4v) is 1.66. The number of benzene rings is 1. The topological polar surface area (TPSA) is 32.3 Å². The average Bonchev–Trinajstić information content (AvgIpc) is 2.19. The predicted octanol–water partition coefficient (Wildman–Crippen LogP) is 1.90. The molecule has 2 nitrogen and oxygen atoms in total. The fraction of sp³-hybridized carbons (Fsp3) is 0.538. The Balaban J connectivity index is 2.54. The van der Waals surface area contributed by atoms with Gasteiger partial charge < -0.3 is 10.4 Å².